The van der Waals surface area contributed by atoms with Crippen molar-refractivity contribution >= 4 is 21.9 Å². The summed E-state index contributed by atoms with van der Waals surface area (Å²) in [5.74, 6) is -0.351. The van der Waals surface area contributed by atoms with Crippen LogP contribution >= 0.6 is 0 Å². The van der Waals surface area contributed by atoms with Crippen LogP contribution < -0.4 is 0 Å². The number of likely N-dealkylation sites (N-methyl/N-ethyl adjacent to an activating group) is 1. The van der Waals surface area contributed by atoms with Gasteiger partial charge in [0.2, 0.25) is 10.0 Å². The molecule has 0 bridgehead atoms. The third kappa shape index (κ3) is 5.17. The Morgan fingerprint density at radius 2 is 1.76 bits per heavy atom. The van der Waals surface area contributed by atoms with Crippen molar-refractivity contribution in [3.05, 3.63) is 29.8 Å². The molecule has 0 radical (unpaired) electrons. The minimum Gasteiger partial charge on any atom is -0.455 e. The summed E-state index contributed by atoms with van der Waals surface area (Å²) < 4.78 is 31.2. The van der Waals surface area contributed by atoms with Crippen LogP contribution in [0.25, 0.3) is 0 Å². The summed E-state index contributed by atoms with van der Waals surface area (Å²) in [6, 6.07) is 6.68. The van der Waals surface area contributed by atoms with E-state index in [-0.39, 0.29) is 23.5 Å². The first-order valence-corrected chi connectivity index (χ1v) is 11.7. The van der Waals surface area contributed by atoms with Crippen molar-refractivity contribution in [2.75, 3.05) is 26.7 Å². The second-order valence-corrected chi connectivity index (χ2v) is 10.1. The molecule has 2 aliphatic rings. The molecule has 1 aliphatic heterocycles. The summed E-state index contributed by atoms with van der Waals surface area (Å²) in [7, 11) is -2.46. The van der Waals surface area contributed by atoms with Crippen LogP contribution in [0.5, 0.6) is 0 Å². The molecule has 7 nitrogen and oxygen atoms in total. The highest BCUT2D eigenvalue weighted by atomic mass is 32.2. The average molecular weight is 423 g/mol. The minimum atomic E-state index is -3.79. The number of carbonyl (C=O) groups is 2. The van der Waals surface area contributed by atoms with Crippen molar-refractivity contribution in [2.45, 2.75) is 56.4 Å². The van der Waals surface area contributed by atoms with E-state index in [1.165, 1.54) is 25.6 Å². The number of ether oxygens (including phenoxy) is 1. The van der Waals surface area contributed by atoms with Crippen molar-refractivity contribution in [1.82, 2.24) is 9.21 Å². The second-order valence-electron chi connectivity index (χ2n) is 8.08. The summed E-state index contributed by atoms with van der Waals surface area (Å²) in [5.41, 5.74) is 0.947. The topological polar surface area (TPSA) is 84.0 Å². The van der Waals surface area contributed by atoms with Gasteiger partial charge in [-0.25, -0.2) is 8.42 Å². The number of nitrogens with zero attached hydrogens (tertiary/aromatic N) is 2. The van der Waals surface area contributed by atoms with Crippen LogP contribution in [0.15, 0.2) is 29.2 Å². The molecular weight excluding hydrogens is 392 g/mol. The lowest BCUT2D eigenvalue weighted by molar-refractivity contribution is -0.154. The van der Waals surface area contributed by atoms with Gasteiger partial charge in [-0.2, -0.15) is 4.31 Å². The molecule has 1 aromatic rings. The zero-order valence-corrected chi connectivity index (χ0v) is 18.0. The highest BCUT2D eigenvalue weighted by molar-refractivity contribution is 7.89. The number of sulfonamides is 1. The van der Waals surface area contributed by atoms with Crippen molar-refractivity contribution in [1.29, 1.82) is 0 Å². The highest BCUT2D eigenvalue weighted by Crippen LogP contribution is 2.35. The molecule has 1 saturated carbocycles. The number of esters is 1. The van der Waals surface area contributed by atoms with Crippen LogP contribution in [0.4, 0.5) is 0 Å². The minimum absolute atomic E-state index is 0.117. The van der Waals surface area contributed by atoms with Gasteiger partial charge in [-0.1, -0.05) is 30.5 Å². The third-order valence-electron chi connectivity index (χ3n) is 6.00. The first kappa shape index (κ1) is 21.8. The monoisotopic (exact) mass is 422 g/mol. The van der Waals surface area contributed by atoms with Gasteiger partial charge in [-0.15, -0.1) is 0 Å². The molecule has 0 spiro atoms. The number of hydrogen-bond donors (Lipinski definition) is 0. The van der Waals surface area contributed by atoms with Gasteiger partial charge in [0.1, 0.15) is 6.54 Å². The molecule has 2 atom stereocenters. The molecule has 29 heavy (non-hydrogen) atoms. The third-order valence-corrected chi connectivity index (χ3v) is 7.82. The Hall–Kier alpha value is -1.93. The number of aryl methyl sites for hydroxylation is 1. The fourth-order valence-electron chi connectivity index (χ4n) is 4.36. The number of amides is 1. The number of hydrogen-bond acceptors (Lipinski definition) is 5. The smallest absolute Gasteiger partial charge is 0.321 e. The Kier molecular flexibility index (Phi) is 6.95. The Labute approximate surface area is 173 Å². The molecule has 0 aromatic heterocycles. The van der Waals surface area contributed by atoms with Gasteiger partial charge >= 0.3 is 5.97 Å². The van der Waals surface area contributed by atoms with Crippen LogP contribution in [0.2, 0.25) is 0 Å². The molecule has 1 aliphatic carbocycles. The summed E-state index contributed by atoms with van der Waals surface area (Å²) in [5, 5.41) is 0. The van der Waals surface area contributed by atoms with E-state index in [2.05, 4.69) is 0 Å². The van der Waals surface area contributed by atoms with E-state index in [0.29, 0.717) is 12.5 Å². The molecule has 1 aromatic carbocycles. The molecule has 0 unspecified atom stereocenters. The number of benzene rings is 1. The maximum atomic E-state index is 12.6. The summed E-state index contributed by atoms with van der Waals surface area (Å²) in [6.07, 6.45) is 6.68. The standard InChI is InChI=1S/C21H30N2O5S/c1-16-9-11-18(12-10-16)29(26,27)22(2)14-21(25)28-15-20(24)23-13-5-7-17-6-3-4-8-19(17)23/h9-12,17,19H,3-8,13-15H2,1-2H3/t17-,19-/m0/s1. The van der Waals surface area contributed by atoms with Gasteiger partial charge in [0.05, 0.1) is 4.90 Å². The largest absolute Gasteiger partial charge is 0.455 e. The molecular formula is C21H30N2O5S. The maximum Gasteiger partial charge on any atom is 0.321 e. The van der Waals surface area contributed by atoms with Crippen LogP contribution in [0, 0.1) is 12.8 Å². The molecule has 2 fully saturated rings. The number of rotatable bonds is 6. The van der Waals surface area contributed by atoms with Gasteiger partial charge in [-0.3, -0.25) is 9.59 Å². The van der Waals surface area contributed by atoms with Crippen LogP contribution in [-0.4, -0.2) is 62.3 Å². The zero-order chi connectivity index (χ0) is 21.0. The van der Waals surface area contributed by atoms with E-state index in [4.69, 9.17) is 4.74 Å². The fraction of sp³-hybridized carbons (Fsp3) is 0.619. The van der Waals surface area contributed by atoms with Crippen molar-refractivity contribution in [3.63, 3.8) is 0 Å². The Morgan fingerprint density at radius 1 is 1.10 bits per heavy atom. The lowest BCUT2D eigenvalue weighted by Gasteiger charge is -2.44. The zero-order valence-electron chi connectivity index (χ0n) is 17.2. The number of carbonyl (C=O) groups excluding carboxylic acids is 2. The number of piperidine rings is 1. The average Bonchev–Trinajstić information content (AvgIpc) is 2.71. The van der Waals surface area contributed by atoms with Crippen molar-refractivity contribution in [3.8, 4) is 0 Å². The van der Waals surface area contributed by atoms with E-state index >= 15 is 0 Å². The van der Waals surface area contributed by atoms with Crippen LogP contribution in [0.1, 0.15) is 44.1 Å². The van der Waals surface area contributed by atoms with Crippen LogP contribution in [0.3, 0.4) is 0 Å². The Bertz CT molecular complexity index is 835. The number of likely N-dealkylation sites (tertiary alicyclic amines) is 1. The van der Waals surface area contributed by atoms with Gasteiger partial charge < -0.3 is 9.64 Å². The Morgan fingerprint density at radius 3 is 2.48 bits per heavy atom. The van der Waals surface area contributed by atoms with E-state index in [9.17, 15) is 18.0 Å². The number of fused-ring (bicyclic) bond motifs is 1. The van der Waals surface area contributed by atoms with E-state index < -0.39 is 22.5 Å². The molecule has 8 heteroatoms. The lowest BCUT2D eigenvalue weighted by atomic mass is 9.78. The molecule has 1 heterocycles. The predicted molar refractivity (Wildman–Crippen MR) is 109 cm³/mol. The molecule has 160 valence electrons. The van der Waals surface area contributed by atoms with Crippen molar-refractivity contribution < 1.29 is 22.7 Å². The second kappa shape index (κ2) is 9.26. The first-order valence-electron chi connectivity index (χ1n) is 10.3. The van der Waals surface area contributed by atoms with Gasteiger partial charge in [-0.05, 0) is 50.7 Å². The quantitative estimate of drug-likeness (QED) is 0.657. The van der Waals surface area contributed by atoms with E-state index in [1.54, 1.807) is 12.1 Å². The first-order chi connectivity index (χ1) is 13.8. The van der Waals surface area contributed by atoms with Gasteiger partial charge in [0, 0.05) is 19.6 Å². The lowest BCUT2D eigenvalue weighted by Crippen LogP contribution is -2.51. The maximum absolute atomic E-state index is 12.6. The van der Waals surface area contributed by atoms with E-state index in [1.807, 2.05) is 11.8 Å². The highest BCUT2D eigenvalue weighted by Gasteiger charge is 2.36. The molecule has 1 amide bonds. The van der Waals surface area contributed by atoms with Crippen LogP contribution in [-0.2, 0) is 24.3 Å². The molecule has 1 saturated heterocycles. The SMILES string of the molecule is Cc1ccc(S(=O)(=O)N(C)CC(=O)OCC(=O)N2CCC[C@@H]3CCCC[C@@H]32)cc1. The predicted octanol–water partition coefficient (Wildman–Crippen LogP) is 2.34. The normalized spacial score (nSPS) is 22.2. The van der Waals surface area contributed by atoms with Crippen molar-refractivity contribution in [2.24, 2.45) is 5.92 Å². The van der Waals surface area contributed by atoms with E-state index in [0.717, 1.165) is 42.0 Å². The summed E-state index contributed by atoms with van der Waals surface area (Å²) in [4.78, 5) is 26.8. The summed E-state index contributed by atoms with van der Waals surface area (Å²) >= 11 is 0. The Balaban J connectivity index is 1.52. The summed E-state index contributed by atoms with van der Waals surface area (Å²) in [6.45, 7) is 1.81. The molecule has 3 rings (SSSR count). The van der Waals surface area contributed by atoms with Gasteiger partial charge in [0.15, 0.2) is 6.61 Å². The fourth-order valence-corrected chi connectivity index (χ4v) is 5.48. The molecule has 0 N–H and O–H groups in total. The van der Waals surface area contributed by atoms with Gasteiger partial charge in [0.25, 0.3) is 5.91 Å².